The van der Waals surface area contributed by atoms with E-state index in [1.54, 1.807) is 36.0 Å². The Balaban J connectivity index is 1.58. The molecule has 4 rings (SSSR count). The number of thioether (sulfide) groups is 1. The van der Waals surface area contributed by atoms with Gasteiger partial charge in [-0.25, -0.2) is 13.4 Å². The van der Waals surface area contributed by atoms with Crippen LogP contribution in [0.15, 0.2) is 75.1 Å². The average molecular weight is 503 g/mol. The van der Waals surface area contributed by atoms with Crippen molar-refractivity contribution in [1.82, 2.24) is 4.98 Å². The number of thiazole rings is 1. The first-order valence-corrected chi connectivity index (χ1v) is 13.7. The summed E-state index contributed by atoms with van der Waals surface area (Å²) in [5, 5.41) is 0.509. The zero-order chi connectivity index (χ0) is 23.4. The number of hydrogen-bond donors (Lipinski definition) is 0. The molecule has 0 unspecified atom stereocenters. The number of rotatable bonds is 9. The molecule has 0 aliphatic carbocycles. The van der Waals surface area contributed by atoms with E-state index in [1.165, 1.54) is 41.7 Å². The second-order valence-electron chi connectivity index (χ2n) is 7.11. The van der Waals surface area contributed by atoms with Crippen molar-refractivity contribution in [3.8, 4) is 5.75 Å². The first-order chi connectivity index (χ1) is 15.9. The number of nitrogens with zero attached hydrogens (tertiary/aromatic N) is 2. The largest absolute Gasteiger partial charge is 0.497 e. The fourth-order valence-corrected chi connectivity index (χ4v) is 6.14. The van der Waals surface area contributed by atoms with Crippen molar-refractivity contribution >= 4 is 54.2 Å². The average Bonchev–Trinajstić information content (AvgIpc) is 3.50. The number of carbonyl (C=O) groups is 1. The second kappa shape index (κ2) is 9.98. The predicted molar refractivity (Wildman–Crippen MR) is 131 cm³/mol. The van der Waals surface area contributed by atoms with E-state index < -0.39 is 9.84 Å². The number of aromatic nitrogens is 1. The van der Waals surface area contributed by atoms with Gasteiger partial charge in [-0.3, -0.25) is 9.69 Å². The number of ether oxygens (including phenoxy) is 1. The number of amides is 1. The van der Waals surface area contributed by atoms with Crippen LogP contribution in [0, 0.1) is 0 Å². The summed E-state index contributed by atoms with van der Waals surface area (Å²) in [6.45, 7) is 0.169. The lowest BCUT2D eigenvalue weighted by Crippen LogP contribution is -2.31. The van der Waals surface area contributed by atoms with Crippen LogP contribution in [-0.2, 0) is 21.2 Å². The SMILES string of the molecule is COc1ccc(S(=O)(=O)CCC(=O)N(Cc2ccco2)c2nc3c(SC)cccc3s2)cc1. The van der Waals surface area contributed by atoms with Crippen molar-refractivity contribution in [3.63, 3.8) is 0 Å². The minimum Gasteiger partial charge on any atom is -0.497 e. The van der Waals surface area contributed by atoms with Crippen LogP contribution < -0.4 is 9.64 Å². The quantitative estimate of drug-likeness (QED) is 0.297. The van der Waals surface area contributed by atoms with Crippen LogP contribution in [0.5, 0.6) is 5.75 Å². The van der Waals surface area contributed by atoms with E-state index in [4.69, 9.17) is 14.1 Å². The lowest BCUT2D eigenvalue weighted by atomic mass is 10.3. The Morgan fingerprint density at radius 3 is 2.61 bits per heavy atom. The molecule has 0 fully saturated rings. The highest BCUT2D eigenvalue weighted by molar-refractivity contribution is 7.98. The minimum atomic E-state index is -3.64. The lowest BCUT2D eigenvalue weighted by Gasteiger charge is -2.18. The number of carbonyl (C=O) groups excluding carboxylic acids is 1. The molecular formula is C23H22N2O5S3. The molecule has 4 aromatic rings. The van der Waals surface area contributed by atoms with Crippen LogP contribution in [0.4, 0.5) is 5.13 Å². The summed E-state index contributed by atoms with van der Waals surface area (Å²) in [6.07, 6.45) is 3.33. The Morgan fingerprint density at radius 1 is 1.15 bits per heavy atom. The molecule has 7 nitrogen and oxygen atoms in total. The van der Waals surface area contributed by atoms with E-state index in [0.717, 1.165) is 15.1 Å². The van der Waals surface area contributed by atoms with Crippen LogP contribution >= 0.6 is 23.1 Å². The summed E-state index contributed by atoms with van der Waals surface area (Å²) < 4.78 is 37.1. The first kappa shape index (κ1) is 23.3. The molecule has 2 aromatic carbocycles. The third-order valence-corrected chi connectivity index (χ3v) is 8.56. The Bertz CT molecular complexity index is 1350. The summed E-state index contributed by atoms with van der Waals surface area (Å²) in [4.78, 5) is 20.6. The van der Waals surface area contributed by atoms with Gasteiger partial charge in [-0.2, -0.15) is 0 Å². The molecule has 1 amide bonds. The maximum absolute atomic E-state index is 13.2. The number of hydrogen-bond acceptors (Lipinski definition) is 8. The molecule has 0 N–H and O–H groups in total. The first-order valence-electron chi connectivity index (χ1n) is 10.0. The summed E-state index contributed by atoms with van der Waals surface area (Å²) in [6, 6.07) is 15.6. The number of furan rings is 1. The van der Waals surface area contributed by atoms with Gasteiger partial charge in [0.25, 0.3) is 0 Å². The predicted octanol–water partition coefficient (Wildman–Crippen LogP) is 5.02. The summed E-state index contributed by atoms with van der Waals surface area (Å²) in [7, 11) is -2.13. The summed E-state index contributed by atoms with van der Waals surface area (Å²) >= 11 is 2.98. The van der Waals surface area contributed by atoms with Crippen molar-refractivity contribution in [2.45, 2.75) is 22.8 Å². The number of para-hydroxylation sites is 1. The van der Waals surface area contributed by atoms with Crippen LogP contribution in [0.3, 0.4) is 0 Å². The van der Waals surface area contributed by atoms with Crippen LogP contribution in [0.1, 0.15) is 12.2 Å². The third kappa shape index (κ3) is 5.23. The molecule has 0 saturated carbocycles. The summed E-state index contributed by atoms with van der Waals surface area (Å²) in [5.41, 5.74) is 0.827. The van der Waals surface area contributed by atoms with Gasteiger partial charge in [0.15, 0.2) is 15.0 Å². The molecule has 33 heavy (non-hydrogen) atoms. The van der Waals surface area contributed by atoms with Gasteiger partial charge in [-0.05, 0) is 54.8 Å². The Hall–Kier alpha value is -2.82. The molecule has 0 spiro atoms. The number of benzene rings is 2. The standard InChI is InChI=1S/C23H22N2O5S3/c1-29-16-8-10-18(11-9-16)33(27,28)14-12-21(26)25(15-17-5-4-13-30-17)23-24-22-19(31-2)6-3-7-20(22)32-23/h3-11,13H,12,14-15H2,1-2H3. The van der Waals surface area contributed by atoms with Crippen molar-refractivity contribution < 1.29 is 22.4 Å². The molecule has 0 saturated heterocycles. The maximum Gasteiger partial charge on any atom is 0.230 e. The molecule has 0 bridgehead atoms. The van der Waals surface area contributed by atoms with E-state index in [9.17, 15) is 13.2 Å². The minimum absolute atomic E-state index is 0.151. The van der Waals surface area contributed by atoms with Gasteiger partial charge in [-0.1, -0.05) is 17.4 Å². The van der Waals surface area contributed by atoms with Crippen molar-refractivity contribution in [2.24, 2.45) is 0 Å². The topological polar surface area (TPSA) is 89.7 Å². The van der Waals surface area contributed by atoms with Crippen molar-refractivity contribution in [2.75, 3.05) is 24.0 Å². The third-order valence-electron chi connectivity index (χ3n) is 5.02. The molecular weight excluding hydrogens is 480 g/mol. The highest BCUT2D eigenvalue weighted by Crippen LogP contribution is 2.35. The van der Waals surface area contributed by atoms with E-state index in [0.29, 0.717) is 16.6 Å². The van der Waals surface area contributed by atoms with Crippen molar-refractivity contribution in [3.05, 3.63) is 66.6 Å². The molecule has 0 aliphatic rings. The molecule has 10 heteroatoms. The zero-order valence-corrected chi connectivity index (χ0v) is 20.5. The van der Waals surface area contributed by atoms with Gasteiger partial charge in [0.05, 0.1) is 40.8 Å². The summed E-state index contributed by atoms with van der Waals surface area (Å²) in [5.74, 6) is 0.502. The van der Waals surface area contributed by atoms with Gasteiger partial charge in [0.2, 0.25) is 5.91 Å². The zero-order valence-electron chi connectivity index (χ0n) is 18.1. The Kier molecular flexibility index (Phi) is 7.06. The molecule has 0 radical (unpaired) electrons. The highest BCUT2D eigenvalue weighted by atomic mass is 32.2. The second-order valence-corrected chi connectivity index (χ2v) is 11.1. The van der Waals surface area contributed by atoms with Gasteiger partial charge in [0.1, 0.15) is 11.5 Å². The van der Waals surface area contributed by atoms with Crippen LogP contribution in [-0.4, -0.2) is 38.4 Å². The number of sulfone groups is 1. The number of methoxy groups -OCH3 is 1. The highest BCUT2D eigenvalue weighted by Gasteiger charge is 2.24. The van der Waals surface area contributed by atoms with Crippen molar-refractivity contribution in [1.29, 1.82) is 0 Å². The number of fused-ring (bicyclic) bond motifs is 1. The van der Waals surface area contributed by atoms with Crippen LogP contribution in [0.25, 0.3) is 10.2 Å². The van der Waals surface area contributed by atoms with E-state index in [1.807, 2.05) is 24.5 Å². The number of anilines is 1. The van der Waals surface area contributed by atoms with E-state index in [2.05, 4.69) is 0 Å². The lowest BCUT2D eigenvalue weighted by molar-refractivity contribution is -0.118. The maximum atomic E-state index is 13.2. The molecule has 2 aromatic heterocycles. The molecule has 0 aliphatic heterocycles. The Morgan fingerprint density at radius 2 is 1.94 bits per heavy atom. The van der Waals surface area contributed by atoms with Gasteiger partial charge in [-0.15, -0.1) is 11.8 Å². The normalized spacial score (nSPS) is 11.6. The van der Waals surface area contributed by atoms with E-state index >= 15 is 0 Å². The molecule has 172 valence electrons. The molecule has 0 atom stereocenters. The van der Waals surface area contributed by atoms with Gasteiger partial charge < -0.3 is 9.15 Å². The Labute approximate surface area is 200 Å². The van der Waals surface area contributed by atoms with E-state index in [-0.39, 0.29) is 29.5 Å². The fourth-order valence-electron chi connectivity index (χ4n) is 3.27. The fraction of sp³-hybridized carbons (Fsp3) is 0.217. The molecule has 2 heterocycles. The van der Waals surface area contributed by atoms with Gasteiger partial charge >= 0.3 is 0 Å². The van der Waals surface area contributed by atoms with Crippen LogP contribution in [0.2, 0.25) is 0 Å². The van der Waals surface area contributed by atoms with Gasteiger partial charge in [0, 0.05) is 11.3 Å². The monoisotopic (exact) mass is 502 g/mol. The smallest absolute Gasteiger partial charge is 0.230 e.